The van der Waals surface area contributed by atoms with Crippen LogP contribution in [0.5, 0.6) is 0 Å². The number of benzene rings is 1. The van der Waals surface area contributed by atoms with Gasteiger partial charge < -0.3 is 4.90 Å². The fraction of sp³-hybridized carbons (Fsp3) is 0.333. The molecule has 0 amide bonds. The van der Waals surface area contributed by atoms with Gasteiger partial charge in [0.1, 0.15) is 0 Å². The van der Waals surface area contributed by atoms with Crippen LogP contribution in [0.4, 0.5) is 5.69 Å². The summed E-state index contributed by atoms with van der Waals surface area (Å²) in [4.78, 5) is 3.66. The van der Waals surface area contributed by atoms with Crippen LogP contribution in [-0.4, -0.2) is 24.6 Å². The summed E-state index contributed by atoms with van der Waals surface area (Å²) in [5.74, 6) is 1.71. The van der Waals surface area contributed by atoms with Crippen molar-refractivity contribution in [1.82, 2.24) is 0 Å². The van der Waals surface area contributed by atoms with Crippen LogP contribution in [0.1, 0.15) is 21.6 Å². The molecule has 1 aromatic heterocycles. The van der Waals surface area contributed by atoms with Gasteiger partial charge in [0.25, 0.3) is 0 Å². The number of hydrogen-bond acceptors (Lipinski definition) is 4. The first-order valence-electron chi connectivity index (χ1n) is 7.45. The van der Waals surface area contributed by atoms with E-state index < -0.39 is 0 Å². The molecule has 4 heteroatoms. The zero-order valence-corrected chi connectivity index (χ0v) is 15.7. The molecular formula is C18H23NS3. The van der Waals surface area contributed by atoms with Crippen molar-refractivity contribution in [2.75, 3.05) is 29.5 Å². The minimum absolute atomic E-state index is 0.854. The molecule has 0 spiro atoms. The molecule has 0 radical (unpaired) electrons. The molecule has 0 aliphatic heterocycles. The van der Waals surface area contributed by atoms with E-state index in [1.54, 1.807) is 11.3 Å². The summed E-state index contributed by atoms with van der Waals surface area (Å²) in [6, 6.07) is 8.70. The molecule has 1 aromatic carbocycles. The van der Waals surface area contributed by atoms with E-state index in [1.807, 2.05) is 0 Å². The highest BCUT2D eigenvalue weighted by atomic mass is 32.1. The molecule has 118 valence electrons. The lowest BCUT2D eigenvalue weighted by Crippen LogP contribution is -2.27. The van der Waals surface area contributed by atoms with Crippen LogP contribution in [0.25, 0.3) is 12.2 Å². The number of nitrogens with zero attached hydrogens (tertiary/aromatic N) is 1. The summed E-state index contributed by atoms with van der Waals surface area (Å²) >= 11 is 10.5. The molecule has 0 saturated heterocycles. The first-order valence-corrected chi connectivity index (χ1v) is 9.59. The Kier molecular flexibility index (Phi) is 6.93. The number of aryl methyl sites for hydroxylation is 1. The maximum Gasteiger partial charge on any atom is 0.0367 e. The maximum absolute atomic E-state index is 4.33. The van der Waals surface area contributed by atoms with Gasteiger partial charge in [0.15, 0.2) is 0 Å². The zero-order valence-electron chi connectivity index (χ0n) is 13.1. The zero-order chi connectivity index (χ0) is 15.9. The van der Waals surface area contributed by atoms with Crippen LogP contribution in [-0.2, 0) is 0 Å². The van der Waals surface area contributed by atoms with E-state index in [1.165, 1.54) is 27.3 Å². The Bertz CT molecular complexity index is 608. The van der Waals surface area contributed by atoms with Gasteiger partial charge in [-0.1, -0.05) is 18.2 Å². The molecule has 2 rings (SSSR count). The van der Waals surface area contributed by atoms with Crippen LogP contribution in [0.3, 0.4) is 0 Å². The molecule has 0 bridgehead atoms. The van der Waals surface area contributed by atoms with Gasteiger partial charge in [0.05, 0.1) is 0 Å². The highest BCUT2D eigenvalue weighted by molar-refractivity contribution is 7.80. The number of hydrogen-bond donors (Lipinski definition) is 2. The van der Waals surface area contributed by atoms with Gasteiger partial charge in [0, 0.05) is 35.2 Å². The summed E-state index contributed by atoms with van der Waals surface area (Å²) in [7, 11) is 0. The Labute approximate surface area is 148 Å². The number of rotatable bonds is 7. The van der Waals surface area contributed by atoms with Crippen molar-refractivity contribution in [1.29, 1.82) is 0 Å². The number of anilines is 1. The Hall–Kier alpha value is -0.840. The van der Waals surface area contributed by atoms with Gasteiger partial charge in [-0.05, 0) is 54.1 Å². The van der Waals surface area contributed by atoms with E-state index in [-0.39, 0.29) is 0 Å². The summed E-state index contributed by atoms with van der Waals surface area (Å²) < 4.78 is 0. The summed E-state index contributed by atoms with van der Waals surface area (Å²) in [5.41, 5.74) is 5.22. The van der Waals surface area contributed by atoms with Gasteiger partial charge in [-0.25, -0.2) is 0 Å². The molecule has 0 N–H and O–H groups in total. The van der Waals surface area contributed by atoms with Gasteiger partial charge in [-0.2, -0.15) is 25.3 Å². The fourth-order valence-electron chi connectivity index (χ4n) is 2.27. The second-order valence-electron chi connectivity index (χ2n) is 5.27. The molecule has 0 fully saturated rings. The first kappa shape index (κ1) is 17.5. The van der Waals surface area contributed by atoms with Crippen molar-refractivity contribution in [3.05, 3.63) is 51.2 Å². The molecule has 2 aromatic rings. The van der Waals surface area contributed by atoms with E-state index in [0.717, 1.165) is 24.6 Å². The quantitative estimate of drug-likeness (QED) is 0.650. The monoisotopic (exact) mass is 349 g/mol. The fourth-order valence-corrected chi connectivity index (χ4v) is 3.71. The van der Waals surface area contributed by atoms with Crippen LogP contribution in [0.2, 0.25) is 0 Å². The van der Waals surface area contributed by atoms with Crippen molar-refractivity contribution >= 4 is 54.4 Å². The lowest BCUT2D eigenvalue weighted by Gasteiger charge is -2.23. The predicted molar refractivity (Wildman–Crippen MR) is 109 cm³/mol. The van der Waals surface area contributed by atoms with E-state index in [0.29, 0.717) is 0 Å². The van der Waals surface area contributed by atoms with E-state index in [9.17, 15) is 0 Å². The van der Waals surface area contributed by atoms with Crippen molar-refractivity contribution in [2.45, 2.75) is 13.8 Å². The van der Waals surface area contributed by atoms with Crippen LogP contribution in [0.15, 0.2) is 29.6 Å². The predicted octanol–water partition coefficient (Wildman–Crippen LogP) is 5.20. The molecule has 0 unspecified atom stereocenters. The minimum atomic E-state index is 0.854. The molecular weight excluding hydrogens is 326 g/mol. The van der Waals surface area contributed by atoms with Gasteiger partial charge >= 0.3 is 0 Å². The van der Waals surface area contributed by atoms with E-state index in [4.69, 9.17) is 0 Å². The molecule has 0 saturated carbocycles. The number of thiol groups is 2. The van der Waals surface area contributed by atoms with Crippen LogP contribution < -0.4 is 4.90 Å². The Morgan fingerprint density at radius 3 is 2.14 bits per heavy atom. The average molecular weight is 350 g/mol. The van der Waals surface area contributed by atoms with Crippen molar-refractivity contribution < 1.29 is 0 Å². The molecule has 1 nitrogen and oxygen atoms in total. The maximum atomic E-state index is 4.33. The number of thiophene rings is 1. The van der Waals surface area contributed by atoms with Crippen LogP contribution >= 0.6 is 36.6 Å². The van der Waals surface area contributed by atoms with Gasteiger partial charge in [-0.15, -0.1) is 11.3 Å². The Balaban J connectivity index is 2.09. The summed E-state index contributed by atoms with van der Waals surface area (Å²) in [6.45, 7) is 6.25. The second-order valence-corrected chi connectivity index (χ2v) is 7.07. The third kappa shape index (κ3) is 4.58. The molecule has 22 heavy (non-hydrogen) atoms. The minimum Gasteiger partial charge on any atom is -0.370 e. The lowest BCUT2D eigenvalue weighted by molar-refractivity contribution is 0.881. The molecule has 0 aliphatic carbocycles. The summed E-state index contributed by atoms with van der Waals surface area (Å²) in [5, 5.41) is 2.21. The third-order valence-corrected chi connectivity index (χ3v) is 5.32. The summed E-state index contributed by atoms with van der Waals surface area (Å²) in [6.07, 6.45) is 4.39. The largest absolute Gasteiger partial charge is 0.370 e. The SMILES string of the molecule is Cc1csc(/C=C/c2ccc(N(CCS)CCS)cc2)c1C. The van der Waals surface area contributed by atoms with E-state index >= 15 is 0 Å². The van der Waals surface area contributed by atoms with Gasteiger partial charge in [-0.3, -0.25) is 0 Å². The second kappa shape index (κ2) is 8.70. The van der Waals surface area contributed by atoms with Gasteiger partial charge in [0.2, 0.25) is 0 Å². The van der Waals surface area contributed by atoms with Crippen molar-refractivity contribution in [2.24, 2.45) is 0 Å². The average Bonchev–Trinajstić information content (AvgIpc) is 2.85. The standard InChI is InChI=1S/C18H23NS3/c1-14-13-22-18(15(14)2)8-5-16-3-6-17(7-4-16)19(9-11-20)10-12-21/h3-8,13,20-21H,9-12H2,1-2H3/b8-5+. The smallest absolute Gasteiger partial charge is 0.0367 e. The lowest BCUT2D eigenvalue weighted by atomic mass is 10.1. The van der Waals surface area contributed by atoms with Crippen LogP contribution in [0, 0.1) is 13.8 Å². The molecule has 0 atom stereocenters. The topological polar surface area (TPSA) is 3.24 Å². The van der Waals surface area contributed by atoms with Crippen molar-refractivity contribution in [3.8, 4) is 0 Å². The Morgan fingerprint density at radius 2 is 1.64 bits per heavy atom. The molecule has 0 aliphatic rings. The molecule has 1 heterocycles. The van der Waals surface area contributed by atoms with E-state index in [2.05, 4.69) is 85.8 Å². The first-order chi connectivity index (χ1) is 10.7. The third-order valence-electron chi connectivity index (χ3n) is 3.75. The highest BCUT2D eigenvalue weighted by Crippen LogP contribution is 2.23. The highest BCUT2D eigenvalue weighted by Gasteiger charge is 2.04. The van der Waals surface area contributed by atoms with Crippen molar-refractivity contribution in [3.63, 3.8) is 0 Å². The Morgan fingerprint density at radius 1 is 1.00 bits per heavy atom. The normalized spacial score (nSPS) is 11.3.